The zero-order valence-corrected chi connectivity index (χ0v) is 19.5. The summed E-state index contributed by atoms with van der Waals surface area (Å²) in [4.78, 5) is 12.6. The van der Waals surface area contributed by atoms with Crippen molar-refractivity contribution in [2.45, 2.75) is 32.0 Å². The van der Waals surface area contributed by atoms with Crippen LogP contribution >= 0.6 is 23.4 Å². The number of aromatic nitrogens is 3. The number of ether oxygens (including phenoxy) is 2. The van der Waals surface area contributed by atoms with Crippen LogP contribution in [0.1, 0.15) is 18.9 Å². The smallest absolute Gasteiger partial charge is 0.234 e. The van der Waals surface area contributed by atoms with Crippen LogP contribution in [0.5, 0.6) is 11.5 Å². The van der Waals surface area contributed by atoms with E-state index in [1.807, 2.05) is 25.1 Å². The molecule has 0 bridgehead atoms. The molecule has 3 rings (SSSR count). The van der Waals surface area contributed by atoms with E-state index in [4.69, 9.17) is 21.1 Å². The number of carbonyl (C=O) groups excluding carboxylic acids is 1. The van der Waals surface area contributed by atoms with Gasteiger partial charge in [0.05, 0.1) is 30.7 Å². The Balaban J connectivity index is 1.75. The van der Waals surface area contributed by atoms with Crippen molar-refractivity contribution in [1.29, 1.82) is 0 Å². The Bertz CT molecular complexity index is 1070. The predicted molar refractivity (Wildman–Crippen MR) is 124 cm³/mol. The molecular formula is C22H25ClN4O3S. The van der Waals surface area contributed by atoms with Crippen LogP contribution < -0.4 is 14.8 Å². The van der Waals surface area contributed by atoms with Crippen LogP contribution in [0.3, 0.4) is 0 Å². The Kier molecular flexibility index (Phi) is 7.81. The SMILES string of the molecule is CCCn1c(SCC(=O)Nc2cc(OC)c(Cl)cc2OC)nnc1-c1cccc(C)c1. The van der Waals surface area contributed by atoms with Crippen LogP contribution in [-0.4, -0.2) is 40.6 Å². The van der Waals surface area contributed by atoms with E-state index in [0.717, 1.165) is 29.9 Å². The zero-order valence-electron chi connectivity index (χ0n) is 17.9. The van der Waals surface area contributed by atoms with Crippen molar-refractivity contribution in [3.05, 3.63) is 47.0 Å². The van der Waals surface area contributed by atoms with Gasteiger partial charge in [-0.1, -0.05) is 54.0 Å². The summed E-state index contributed by atoms with van der Waals surface area (Å²) in [6, 6.07) is 11.4. The Morgan fingerprint density at radius 1 is 1.16 bits per heavy atom. The fourth-order valence-corrected chi connectivity index (χ4v) is 4.09. The van der Waals surface area contributed by atoms with Crippen molar-refractivity contribution < 1.29 is 14.3 Å². The highest BCUT2D eigenvalue weighted by molar-refractivity contribution is 7.99. The molecule has 0 unspecified atom stereocenters. The molecular weight excluding hydrogens is 436 g/mol. The van der Waals surface area contributed by atoms with Crippen LogP contribution in [0.2, 0.25) is 5.02 Å². The average molecular weight is 461 g/mol. The minimum absolute atomic E-state index is 0.170. The number of hydrogen-bond acceptors (Lipinski definition) is 6. The monoisotopic (exact) mass is 460 g/mol. The Morgan fingerprint density at radius 2 is 1.94 bits per heavy atom. The first-order valence-corrected chi connectivity index (χ1v) is 11.2. The minimum Gasteiger partial charge on any atom is -0.495 e. The second kappa shape index (κ2) is 10.5. The molecule has 1 heterocycles. The molecule has 2 aromatic carbocycles. The molecule has 0 fully saturated rings. The maximum atomic E-state index is 12.6. The normalized spacial score (nSPS) is 10.7. The molecule has 3 aromatic rings. The van der Waals surface area contributed by atoms with Crippen LogP contribution in [0.25, 0.3) is 11.4 Å². The quantitative estimate of drug-likeness (QED) is 0.449. The number of nitrogens with zero attached hydrogens (tertiary/aromatic N) is 3. The summed E-state index contributed by atoms with van der Waals surface area (Å²) in [5, 5.41) is 12.7. The third kappa shape index (κ3) is 5.51. The number of hydrogen-bond donors (Lipinski definition) is 1. The van der Waals surface area contributed by atoms with Gasteiger partial charge < -0.3 is 19.4 Å². The molecule has 164 valence electrons. The molecule has 0 radical (unpaired) electrons. The summed E-state index contributed by atoms with van der Waals surface area (Å²) in [6.45, 7) is 4.91. The number of anilines is 1. The molecule has 0 spiro atoms. The van der Waals surface area contributed by atoms with Gasteiger partial charge in [-0.15, -0.1) is 10.2 Å². The van der Waals surface area contributed by atoms with Gasteiger partial charge in [-0.05, 0) is 19.4 Å². The van der Waals surface area contributed by atoms with E-state index in [-0.39, 0.29) is 11.7 Å². The number of nitrogens with one attached hydrogen (secondary N) is 1. The highest BCUT2D eigenvalue weighted by Gasteiger charge is 2.17. The fraction of sp³-hybridized carbons (Fsp3) is 0.318. The topological polar surface area (TPSA) is 78.3 Å². The summed E-state index contributed by atoms with van der Waals surface area (Å²) in [5.74, 6) is 1.69. The Morgan fingerprint density at radius 3 is 2.61 bits per heavy atom. The number of benzene rings is 2. The molecule has 1 N–H and O–H groups in total. The summed E-state index contributed by atoms with van der Waals surface area (Å²) < 4.78 is 12.6. The van der Waals surface area contributed by atoms with Gasteiger partial charge >= 0.3 is 0 Å². The third-order valence-corrected chi connectivity index (χ3v) is 5.78. The second-order valence-electron chi connectivity index (χ2n) is 6.85. The van der Waals surface area contributed by atoms with Crippen molar-refractivity contribution in [1.82, 2.24) is 14.8 Å². The first-order chi connectivity index (χ1) is 15.0. The average Bonchev–Trinajstić information content (AvgIpc) is 3.16. The standard InChI is InChI=1S/C22H25ClN4O3S/c1-5-9-27-21(15-8-6-7-14(2)10-15)25-26-22(27)31-13-20(28)24-17-12-18(29-3)16(23)11-19(17)30-4/h6-8,10-12H,5,9,13H2,1-4H3,(H,24,28). The maximum absolute atomic E-state index is 12.6. The minimum atomic E-state index is -0.198. The highest BCUT2D eigenvalue weighted by Crippen LogP contribution is 2.36. The summed E-state index contributed by atoms with van der Waals surface area (Å²) in [5.41, 5.74) is 2.66. The van der Waals surface area contributed by atoms with E-state index in [0.29, 0.717) is 27.4 Å². The molecule has 1 amide bonds. The van der Waals surface area contributed by atoms with E-state index >= 15 is 0 Å². The molecule has 31 heavy (non-hydrogen) atoms. The van der Waals surface area contributed by atoms with Gasteiger partial charge in [0.1, 0.15) is 11.5 Å². The van der Waals surface area contributed by atoms with Gasteiger partial charge in [-0.2, -0.15) is 0 Å². The van der Waals surface area contributed by atoms with E-state index in [9.17, 15) is 4.79 Å². The Labute approximate surface area is 191 Å². The van der Waals surface area contributed by atoms with Gasteiger partial charge in [0, 0.05) is 24.2 Å². The van der Waals surface area contributed by atoms with Gasteiger partial charge in [0.15, 0.2) is 11.0 Å². The molecule has 1 aromatic heterocycles. The fourth-order valence-electron chi connectivity index (χ4n) is 3.09. The van der Waals surface area contributed by atoms with E-state index < -0.39 is 0 Å². The number of aryl methyl sites for hydroxylation is 1. The van der Waals surface area contributed by atoms with Crippen LogP contribution in [-0.2, 0) is 11.3 Å². The van der Waals surface area contributed by atoms with Crippen LogP contribution in [0.4, 0.5) is 5.69 Å². The van der Waals surface area contributed by atoms with Crippen molar-refractivity contribution in [2.24, 2.45) is 0 Å². The van der Waals surface area contributed by atoms with Crippen LogP contribution in [0.15, 0.2) is 41.6 Å². The lowest BCUT2D eigenvalue weighted by Crippen LogP contribution is -2.15. The van der Waals surface area contributed by atoms with E-state index in [1.54, 1.807) is 12.1 Å². The lowest BCUT2D eigenvalue weighted by atomic mass is 10.1. The van der Waals surface area contributed by atoms with Gasteiger partial charge in [-0.25, -0.2) is 0 Å². The molecule has 0 saturated heterocycles. The van der Waals surface area contributed by atoms with Gasteiger partial charge in [-0.3, -0.25) is 4.79 Å². The summed E-state index contributed by atoms with van der Waals surface area (Å²) in [7, 11) is 3.03. The molecule has 0 saturated carbocycles. The number of amides is 1. The number of rotatable bonds is 9. The van der Waals surface area contributed by atoms with E-state index in [2.05, 4.69) is 33.1 Å². The van der Waals surface area contributed by atoms with Crippen molar-refractivity contribution in [2.75, 3.05) is 25.3 Å². The first kappa shape index (κ1) is 23.0. The maximum Gasteiger partial charge on any atom is 0.234 e. The number of carbonyl (C=O) groups is 1. The van der Waals surface area contributed by atoms with E-state index in [1.165, 1.54) is 26.0 Å². The third-order valence-electron chi connectivity index (χ3n) is 4.52. The number of halogens is 1. The zero-order chi connectivity index (χ0) is 22.4. The Hall–Kier alpha value is -2.71. The first-order valence-electron chi connectivity index (χ1n) is 9.81. The van der Waals surface area contributed by atoms with Crippen molar-refractivity contribution in [3.8, 4) is 22.9 Å². The molecule has 7 nitrogen and oxygen atoms in total. The molecule has 0 aliphatic rings. The van der Waals surface area contributed by atoms with Crippen molar-refractivity contribution in [3.63, 3.8) is 0 Å². The van der Waals surface area contributed by atoms with Crippen molar-refractivity contribution >= 4 is 35.0 Å². The lowest BCUT2D eigenvalue weighted by Gasteiger charge is -2.13. The largest absolute Gasteiger partial charge is 0.495 e. The molecule has 0 aliphatic carbocycles. The molecule has 0 atom stereocenters. The van der Waals surface area contributed by atoms with Gasteiger partial charge in [0.2, 0.25) is 5.91 Å². The molecule has 0 aliphatic heterocycles. The molecule has 9 heteroatoms. The highest BCUT2D eigenvalue weighted by atomic mass is 35.5. The summed E-state index contributed by atoms with van der Waals surface area (Å²) in [6.07, 6.45) is 0.929. The number of thioether (sulfide) groups is 1. The summed E-state index contributed by atoms with van der Waals surface area (Å²) >= 11 is 7.47. The second-order valence-corrected chi connectivity index (χ2v) is 8.20. The van der Waals surface area contributed by atoms with Gasteiger partial charge in [0.25, 0.3) is 0 Å². The van der Waals surface area contributed by atoms with Crippen LogP contribution in [0, 0.1) is 6.92 Å². The number of methoxy groups -OCH3 is 2. The predicted octanol–water partition coefficient (Wildman–Crippen LogP) is 5.06. The lowest BCUT2D eigenvalue weighted by molar-refractivity contribution is -0.113.